The first-order valence-electron chi connectivity index (χ1n) is 7.84. The third kappa shape index (κ3) is 2.83. The van der Waals surface area contributed by atoms with Gasteiger partial charge in [0.25, 0.3) is 0 Å². The van der Waals surface area contributed by atoms with E-state index in [0.29, 0.717) is 16.9 Å². The lowest BCUT2D eigenvalue weighted by Gasteiger charge is -2.07. The lowest BCUT2D eigenvalue weighted by Crippen LogP contribution is -2.08. The van der Waals surface area contributed by atoms with Gasteiger partial charge in [-0.05, 0) is 23.3 Å². The van der Waals surface area contributed by atoms with Crippen LogP contribution in [0.25, 0.3) is 16.8 Å². The number of carbonyl (C=O) groups excluding carboxylic acids is 1. The highest BCUT2D eigenvalue weighted by Crippen LogP contribution is 2.21. The Kier molecular flexibility index (Phi) is 3.67. The van der Waals surface area contributed by atoms with Gasteiger partial charge >= 0.3 is 0 Å². The highest BCUT2D eigenvalue weighted by Gasteiger charge is 2.15. The summed E-state index contributed by atoms with van der Waals surface area (Å²) >= 11 is 0. The molecule has 0 saturated heterocycles. The predicted octanol–water partition coefficient (Wildman–Crippen LogP) is 3.81. The molecule has 122 valence electrons. The van der Waals surface area contributed by atoms with Crippen LogP contribution in [0, 0.1) is 0 Å². The van der Waals surface area contributed by atoms with E-state index in [4.69, 9.17) is 0 Å². The molecular weight excluding hydrogens is 314 g/mol. The number of hydrogen-bond donors (Lipinski definition) is 1. The minimum Gasteiger partial charge on any atom is -0.412 e. The summed E-state index contributed by atoms with van der Waals surface area (Å²) in [4.78, 5) is 13.6. The van der Waals surface area contributed by atoms with Crippen molar-refractivity contribution in [3.8, 4) is 16.8 Å². The highest BCUT2D eigenvalue weighted by molar-refractivity contribution is 6.08. The van der Waals surface area contributed by atoms with Gasteiger partial charge in [0.15, 0.2) is 0 Å². The molecule has 25 heavy (non-hydrogen) atoms. The maximum Gasteiger partial charge on any atom is 0.209 e. The zero-order valence-corrected chi connectivity index (χ0v) is 13.3. The number of benzene rings is 2. The molecule has 0 unspecified atom stereocenters. The molecule has 5 heteroatoms. The van der Waals surface area contributed by atoms with E-state index in [1.807, 2.05) is 54.6 Å². The normalized spacial score (nSPS) is 10.7. The molecule has 0 bridgehead atoms. The van der Waals surface area contributed by atoms with Crippen molar-refractivity contribution in [2.45, 2.75) is 0 Å². The molecule has 0 fully saturated rings. The van der Waals surface area contributed by atoms with Crippen LogP contribution >= 0.6 is 0 Å². The van der Waals surface area contributed by atoms with Gasteiger partial charge < -0.3 is 9.77 Å². The van der Waals surface area contributed by atoms with Crippen LogP contribution in [0.5, 0.6) is 0 Å². The van der Waals surface area contributed by atoms with E-state index < -0.39 is 0 Å². The standard InChI is InChI=1S/C20H15N3O2/c24-20(19-7-4-12-22(19)18-13-21-23(25)14-18)17-10-8-16(9-11-17)15-5-2-1-3-6-15/h1-14,25H. The summed E-state index contributed by atoms with van der Waals surface area (Å²) in [5.41, 5.74) is 3.92. The second kappa shape index (κ2) is 6.13. The summed E-state index contributed by atoms with van der Waals surface area (Å²) in [6, 6.07) is 21.1. The molecule has 0 atom stereocenters. The first kappa shape index (κ1) is 15.0. The highest BCUT2D eigenvalue weighted by atomic mass is 16.5. The van der Waals surface area contributed by atoms with Gasteiger partial charge in [-0.3, -0.25) is 4.79 Å². The number of carbonyl (C=O) groups is 1. The smallest absolute Gasteiger partial charge is 0.209 e. The third-order valence-electron chi connectivity index (χ3n) is 4.07. The largest absolute Gasteiger partial charge is 0.412 e. The molecule has 0 saturated carbocycles. The lowest BCUT2D eigenvalue weighted by molar-refractivity contribution is 0.103. The molecule has 0 radical (unpaired) electrons. The van der Waals surface area contributed by atoms with Crippen LogP contribution in [0.1, 0.15) is 16.1 Å². The number of ketones is 1. The van der Waals surface area contributed by atoms with Crippen LogP contribution in [-0.4, -0.2) is 25.5 Å². The zero-order chi connectivity index (χ0) is 17.2. The van der Waals surface area contributed by atoms with Gasteiger partial charge in [-0.2, -0.15) is 0 Å². The molecule has 2 heterocycles. The number of aromatic nitrogens is 3. The summed E-state index contributed by atoms with van der Waals surface area (Å²) in [6.45, 7) is 0. The molecule has 0 aliphatic heterocycles. The molecule has 4 rings (SSSR count). The Bertz CT molecular complexity index is 1010. The number of rotatable bonds is 4. The monoisotopic (exact) mass is 329 g/mol. The second-order valence-corrected chi connectivity index (χ2v) is 5.65. The Morgan fingerprint density at radius 2 is 1.60 bits per heavy atom. The molecule has 0 aliphatic rings. The molecule has 4 aromatic rings. The summed E-state index contributed by atoms with van der Waals surface area (Å²) in [6.07, 6.45) is 4.70. The molecule has 5 nitrogen and oxygen atoms in total. The van der Waals surface area contributed by atoms with Crippen LogP contribution < -0.4 is 0 Å². The van der Waals surface area contributed by atoms with Gasteiger partial charge in [0.05, 0.1) is 23.8 Å². The Morgan fingerprint density at radius 3 is 2.28 bits per heavy atom. The van der Waals surface area contributed by atoms with Crippen molar-refractivity contribution in [1.29, 1.82) is 0 Å². The van der Waals surface area contributed by atoms with E-state index in [1.165, 1.54) is 12.4 Å². The van der Waals surface area contributed by atoms with Gasteiger partial charge in [0.2, 0.25) is 5.78 Å². The maximum absolute atomic E-state index is 12.8. The quantitative estimate of drug-likeness (QED) is 0.457. The average Bonchev–Trinajstić information content (AvgIpc) is 3.31. The van der Waals surface area contributed by atoms with Gasteiger partial charge in [0, 0.05) is 11.8 Å². The van der Waals surface area contributed by atoms with Crippen molar-refractivity contribution in [3.63, 3.8) is 0 Å². The van der Waals surface area contributed by atoms with Crippen molar-refractivity contribution in [1.82, 2.24) is 14.5 Å². The fourth-order valence-corrected chi connectivity index (χ4v) is 2.81. The molecule has 0 aliphatic carbocycles. The first-order valence-corrected chi connectivity index (χ1v) is 7.84. The van der Waals surface area contributed by atoms with Crippen molar-refractivity contribution in [2.75, 3.05) is 0 Å². The van der Waals surface area contributed by atoms with Gasteiger partial charge in [-0.15, -0.1) is 9.94 Å². The van der Waals surface area contributed by atoms with Crippen LogP contribution in [0.3, 0.4) is 0 Å². The summed E-state index contributed by atoms with van der Waals surface area (Å²) in [5.74, 6) is -0.0877. The Morgan fingerprint density at radius 1 is 0.880 bits per heavy atom. The van der Waals surface area contributed by atoms with Gasteiger partial charge in [-0.25, -0.2) is 0 Å². The van der Waals surface area contributed by atoms with Crippen molar-refractivity contribution < 1.29 is 10.0 Å². The minimum atomic E-state index is -0.0877. The second-order valence-electron chi connectivity index (χ2n) is 5.65. The molecule has 2 aromatic carbocycles. The first-order chi connectivity index (χ1) is 12.2. The number of hydrogen-bond acceptors (Lipinski definition) is 3. The van der Waals surface area contributed by atoms with E-state index in [1.54, 1.807) is 22.9 Å². The van der Waals surface area contributed by atoms with Crippen LogP contribution in [0.2, 0.25) is 0 Å². The molecule has 1 N–H and O–H groups in total. The maximum atomic E-state index is 12.8. The van der Waals surface area contributed by atoms with E-state index >= 15 is 0 Å². The summed E-state index contributed by atoms with van der Waals surface area (Å²) in [7, 11) is 0. The van der Waals surface area contributed by atoms with Crippen LogP contribution in [0.15, 0.2) is 85.3 Å². The van der Waals surface area contributed by atoms with Gasteiger partial charge in [-0.1, -0.05) is 54.6 Å². The topological polar surface area (TPSA) is 60.0 Å². The molecule has 0 spiro atoms. The number of nitrogens with zero attached hydrogens (tertiary/aromatic N) is 3. The van der Waals surface area contributed by atoms with Crippen molar-refractivity contribution >= 4 is 5.78 Å². The Hall–Kier alpha value is -3.60. The third-order valence-corrected chi connectivity index (χ3v) is 4.07. The van der Waals surface area contributed by atoms with Crippen LogP contribution in [-0.2, 0) is 0 Å². The zero-order valence-electron chi connectivity index (χ0n) is 13.3. The summed E-state index contributed by atoms with van der Waals surface area (Å²) in [5, 5.41) is 13.1. The van der Waals surface area contributed by atoms with Crippen LogP contribution in [0.4, 0.5) is 0 Å². The lowest BCUT2D eigenvalue weighted by atomic mass is 10.0. The molecule has 0 amide bonds. The van der Waals surface area contributed by atoms with Crippen molar-refractivity contribution in [2.24, 2.45) is 0 Å². The minimum absolute atomic E-state index is 0.0877. The fraction of sp³-hybridized carbons (Fsp3) is 0. The van der Waals surface area contributed by atoms with E-state index in [9.17, 15) is 10.0 Å². The summed E-state index contributed by atoms with van der Waals surface area (Å²) < 4.78 is 1.70. The molecule has 2 aromatic heterocycles. The Balaban J connectivity index is 1.65. The van der Waals surface area contributed by atoms with Crippen molar-refractivity contribution in [3.05, 3.63) is 96.6 Å². The average molecular weight is 329 g/mol. The van der Waals surface area contributed by atoms with E-state index in [2.05, 4.69) is 5.10 Å². The van der Waals surface area contributed by atoms with Gasteiger partial charge in [0.1, 0.15) is 0 Å². The predicted molar refractivity (Wildman–Crippen MR) is 94.0 cm³/mol. The fourth-order valence-electron chi connectivity index (χ4n) is 2.81. The Labute approximate surface area is 144 Å². The van der Waals surface area contributed by atoms with E-state index in [-0.39, 0.29) is 5.78 Å². The van der Waals surface area contributed by atoms with E-state index in [0.717, 1.165) is 16.0 Å². The molecular formula is C20H15N3O2. The SMILES string of the molecule is O=C(c1ccc(-c2ccccc2)cc1)c1cccn1-c1cnn(O)c1.